The molecule has 0 atom stereocenters. The van der Waals surface area contributed by atoms with Gasteiger partial charge in [-0.15, -0.1) is 0 Å². The van der Waals surface area contributed by atoms with E-state index in [4.69, 9.17) is 11.6 Å². The average Bonchev–Trinajstić information content (AvgIpc) is 3.10. The largest absolute Gasteiger partial charge is 0.389 e. The van der Waals surface area contributed by atoms with E-state index in [-0.39, 0.29) is 29.3 Å². The zero-order valence-electron chi connectivity index (χ0n) is 16.5. The van der Waals surface area contributed by atoms with Crippen molar-refractivity contribution in [3.8, 4) is 17.3 Å². The fourth-order valence-corrected chi connectivity index (χ4v) is 4.15. The highest BCUT2D eigenvalue weighted by atomic mass is 35.5. The van der Waals surface area contributed by atoms with Gasteiger partial charge < -0.3 is 10.0 Å². The van der Waals surface area contributed by atoms with Crippen molar-refractivity contribution in [3.05, 3.63) is 52.2 Å². The van der Waals surface area contributed by atoms with Crippen LogP contribution >= 0.6 is 11.6 Å². The maximum atomic E-state index is 14.3. The summed E-state index contributed by atoms with van der Waals surface area (Å²) >= 11 is 5.93. The zero-order valence-corrected chi connectivity index (χ0v) is 17.3. The van der Waals surface area contributed by atoms with E-state index in [1.165, 1.54) is 22.8 Å². The van der Waals surface area contributed by atoms with Crippen LogP contribution in [0.2, 0.25) is 5.02 Å². The van der Waals surface area contributed by atoms with Gasteiger partial charge in [0.2, 0.25) is 0 Å². The minimum absolute atomic E-state index is 0.0186. The second-order valence-electron chi connectivity index (χ2n) is 7.51. The standard InChI is InChI=1S/C21H14ClF3N6O/c1-9-16(17-12-5-15(23)14(22)4-10(12)2-3-27-17)21(30-7-11(32)8-30)31-20(28-9)13(6-26)18(29-31)19(24)25/h2-5,11,19,32H,7-8H2,1H3. The van der Waals surface area contributed by atoms with Crippen LogP contribution in [0.15, 0.2) is 24.4 Å². The van der Waals surface area contributed by atoms with Gasteiger partial charge in [-0.3, -0.25) is 4.98 Å². The quantitative estimate of drug-likeness (QED) is 0.498. The third kappa shape index (κ3) is 2.97. The summed E-state index contributed by atoms with van der Waals surface area (Å²) in [5.74, 6) is -0.288. The van der Waals surface area contributed by atoms with Crippen molar-refractivity contribution in [2.24, 2.45) is 0 Å². The smallest absolute Gasteiger partial charge is 0.283 e. The van der Waals surface area contributed by atoms with Gasteiger partial charge >= 0.3 is 0 Å². The molecule has 0 spiro atoms. The topological polar surface area (TPSA) is 90.3 Å². The molecule has 4 aromatic rings. The molecule has 1 aliphatic heterocycles. The van der Waals surface area contributed by atoms with E-state index in [1.807, 2.05) is 0 Å². The summed E-state index contributed by atoms with van der Waals surface area (Å²) in [6.07, 6.45) is -2.06. The molecule has 1 saturated heterocycles. The summed E-state index contributed by atoms with van der Waals surface area (Å²) in [4.78, 5) is 10.6. The van der Waals surface area contributed by atoms with Crippen molar-refractivity contribution in [1.82, 2.24) is 19.6 Å². The van der Waals surface area contributed by atoms with Gasteiger partial charge in [0, 0.05) is 24.7 Å². The first-order valence-electron chi connectivity index (χ1n) is 9.58. The lowest BCUT2D eigenvalue weighted by molar-refractivity contribution is 0.140. The molecule has 0 amide bonds. The molecule has 5 rings (SSSR count). The molecular weight excluding hydrogens is 445 g/mol. The summed E-state index contributed by atoms with van der Waals surface area (Å²) < 4.78 is 42.7. The number of aromatic nitrogens is 4. The molecule has 1 aromatic carbocycles. The third-order valence-electron chi connectivity index (χ3n) is 5.47. The number of nitrogens with zero attached hydrogens (tertiary/aromatic N) is 6. The summed E-state index contributed by atoms with van der Waals surface area (Å²) in [5, 5.41) is 24.4. The maximum Gasteiger partial charge on any atom is 0.283 e. The van der Waals surface area contributed by atoms with E-state index in [1.54, 1.807) is 24.0 Å². The first-order valence-corrected chi connectivity index (χ1v) is 9.96. The Morgan fingerprint density at radius 3 is 2.72 bits per heavy atom. The Labute approximate surface area is 184 Å². The Balaban J connectivity index is 1.90. The molecule has 32 heavy (non-hydrogen) atoms. The monoisotopic (exact) mass is 458 g/mol. The van der Waals surface area contributed by atoms with Gasteiger partial charge in [-0.2, -0.15) is 14.9 Å². The van der Waals surface area contributed by atoms with Gasteiger partial charge in [0.1, 0.15) is 29.0 Å². The molecule has 1 fully saturated rings. The SMILES string of the molecule is Cc1nc2c(C#N)c(C(F)F)nn2c(N2CC(O)C2)c1-c1nccc2cc(Cl)c(F)cc12. The van der Waals surface area contributed by atoms with Gasteiger partial charge in [-0.05, 0) is 30.5 Å². The van der Waals surface area contributed by atoms with E-state index in [2.05, 4.69) is 15.1 Å². The minimum atomic E-state index is -2.98. The highest BCUT2D eigenvalue weighted by molar-refractivity contribution is 6.31. The van der Waals surface area contributed by atoms with E-state index >= 15 is 0 Å². The normalized spacial score (nSPS) is 14.4. The number of pyridine rings is 1. The first-order chi connectivity index (χ1) is 15.3. The Hall–Kier alpha value is -3.42. The lowest BCUT2D eigenvalue weighted by atomic mass is 10.0. The van der Waals surface area contributed by atoms with Crippen LogP contribution in [-0.2, 0) is 0 Å². The average molecular weight is 459 g/mol. The van der Waals surface area contributed by atoms with Crippen molar-refractivity contribution in [3.63, 3.8) is 0 Å². The van der Waals surface area contributed by atoms with E-state index < -0.39 is 24.0 Å². The number of fused-ring (bicyclic) bond motifs is 2. The molecule has 0 aliphatic carbocycles. The summed E-state index contributed by atoms with van der Waals surface area (Å²) in [6.45, 7) is 2.10. The molecule has 0 radical (unpaired) electrons. The molecule has 1 N–H and O–H groups in total. The van der Waals surface area contributed by atoms with Crippen molar-refractivity contribution < 1.29 is 18.3 Å². The number of alkyl halides is 2. The predicted octanol–water partition coefficient (Wildman–Crippen LogP) is 4.04. The van der Waals surface area contributed by atoms with Crippen molar-refractivity contribution in [2.75, 3.05) is 18.0 Å². The highest BCUT2D eigenvalue weighted by Crippen LogP contribution is 2.40. The Morgan fingerprint density at radius 1 is 1.31 bits per heavy atom. The van der Waals surface area contributed by atoms with Crippen LogP contribution < -0.4 is 4.90 Å². The number of rotatable bonds is 3. The molecule has 1 aliphatic rings. The van der Waals surface area contributed by atoms with Gasteiger partial charge in [-0.25, -0.2) is 18.2 Å². The molecule has 3 aromatic heterocycles. The van der Waals surface area contributed by atoms with Crippen LogP contribution in [0.1, 0.15) is 23.4 Å². The predicted molar refractivity (Wildman–Crippen MR) is 111 cm³/mol. The molecule has 11 heteroatoms. The van der Waals surface area contributed by atoms with Crippen molar-refractivity contribution in [1.29, 1.82) is 5.26 Å². The lowest BCUT2D eigenvalue weighted by Gasteiger charge is -2.39. The van der Waals surface area contributed by atoms with Gasteiger partial charge in [0.15, 0.2) is 5.65 Å². The zero-order chi connectivity index (χ0) is 22.7. The van der Waals surface area contributed by atoms with Gasteiger partial charge in [-0.1, -0.05) is 11.6 Å². The number of halogens is 4. The Bertz CT molecular complexity index is 1440. The van der Waals surface area contributed by atoms with Crippen LogP contribution in [0.4, 0.5) is 19.0 Å². The molecule has 7 nitrogen and oxygen atoms in total. The Morgan fingerprint density at radius 2 is 2.06 bits per heavy atom. The van der Waals surface area contributed by atoms with Crippen LogP contribution in [0, 0.1) is 24.1 Å². The van der Waals surface area contributed by atoms with Gasteiger partial charge in [0.05, 0.1) is 28.1 Å². The van der Waals surface area contributed by atoms with Crippen LogP contribution in [0.5, 0.6) is 0 Å². The van der Waals surface area contributed by atoms with E-state index in [0.29, 0.717) is 33.5 Å². The first kappa shape index (κ1) is 20.5. The third-order valence-corrected chi connectivity index (χ3v) is 5.76. The molecule has 0 saturated carbocycles. The van der Waals surface area contributed by atoms with Crippen LogP contribution in [-0.4, -0.2) is 43.9 Å². The van der Waals surface area contributed by atoms with Crippen molar-refractivity contribution in [2.45, 2.75) is 19.5 Å². The molecule has 0 bridgehead atoms. The second kappa shape index (κ2) is 7.32. The number of hydrogen-bond acceptors (Lipinski definition) is 6. The highest BCUT2D eigenvalue weighted by Gasteiger charge is 2.34. The molecule has 4 heterocycles. The second-order valence-corrected chi connectivity index (χ2v) is 7.92. The number of benzene rings is 1. The molecule has 0 unspecified atom stereocenters. The fourth-order valence-electron chi connectivity index (χ4n) is 3.98. The number of aliphatic hydroxyl groups is 1. The minimum Gasteiger partial charge on any atom is -0.389 e. The Kier molecular flexibility index (Phi) is 4.69. The molecule has 162 valence electrons. The number of β-amino-alcohol motifs (C(OH)–C–C–N with tert-alkyl or cyclic N) is 1. The summed E-state index contributed by atoms with van der Waals surface area (Å²) in [7, 11) is 0. The van der Waals surface area contributed by atoms with Crippen LogP contribution in [0.3, 0.4) is 0 Å². The number of nitriles is 1. The lowest BCUT2D eigenvalue weighted by Crippen LogP contribution is -2.52. The number of anilines is 1. The molecular formula is C21H14ClF3N6O. The van der Waals surface area contributed by atoms with Crippen LogP contribution in [0.25, 0.3) is 27.7 Å². The summed E-state index contributed by atoms with van der Waals surface area (Å²) in [5.41, 5.74) is 0.165. The summed E-state index contributed by atoms with van der Waals surface area (Å²) in [6, 6.07) is 6.17. The van der Waals surface area contributed by atoms with Gasteiger partial charge in [0.25, 0.3) is 6.43 Å². The van der Waals surface area contributed by atoms with Crippen molar-refractivity contribution >= 4 is 33.8 Å². The number of hydrogen-bond donors (Lipinski definition) is 1. The number of aryl methyl sites for hydroxylation is 1. The number of aliphatic hydroxyl groups excluding tert-OH is 1. The fraction of sp³-hybridized carbons (Fsp3) is 0.238. The van der Waals surface area contributed by atoms with E-state index in [0.717, 1.165) is 0 Å². The van der Waals surface area contributed by atoms with E-state index in [9.17, 15) is 23.5 Å². The maximum absolute atomic E-state index is 14.3.